The number of rotatable bonds is 6. The van der Waals surface area contributed by atoms with E-state index in [9.17, 15) is 8.42 Å². The Bertz CT molecular complexity index is 1440. The number of nitrogens with one attached hydrogen (secondary N) is 2. The molecule has 5 rings (SSSR count). The average molecular weight is 454 g/mol. The van der Waals surface area contributed by atoms with Gasteiger partial charge in [-0.2, -0.15) is 8.42 Å². The van der Waals surface area contributed by atoms with Crippen molar-refractivity contribution in [1.29, 1.82) is 0 Å². The molecule has 12 heteroatoms. The lowest BCUT2D eigenvalue weighted by molar-refractivity contribution is 0.174. The van der Waals surface area contributed by atoms with Gasteiger partial charge in [0.05, 0.1) is 30.2 Å². The Labute approximate surface area is 183 Å². The Kier molecular flexibility index (Phi) is 4.70. The van der Waals surface area contributed by atoms with Gasteiger partial charge in [0.15, 0.2) is 28.2 Å². The first kappa shape index (κ1) is 19.9. The molecule has 1 aliphatic heterocycles. The molecule has 2 N–H and O–H groups in total. The number of imidazole rings is 1. The van der Waals surface area contributed by atoms with Crippen LogP contribution in [0.15, 0.2) is 53.9 Å². The lowest BCUT2D eigenvalue weighted by Gasteiger charge is -2.15. The highest BCUT2D eigenvalue weighted by atomic mass is 32.2. The quantitative estimate of drug-likeness (QED) is 0.451. The van der Waals surface area contributed by atoms with Crippen LogP contribution in [0.25, 0.3) is 11.0 Å². The highest BCUT2D eigenvalue weighted by Crippen LogP contribution is 2.44. The zero-order chi connectivity index (χ0) is 22.3. The fourth-order valence-electron chi connectivity index (χ4n) is 3.19. The van der Waals surface area contributed by atoms with Crippen LogP contribution in [0.4, 0.5) is 17.3 Å². The lowest BCUT2D eigenvalue weighted by Crippen LogP contribution is -2.16. The molecule has 0 amide bonds. The average Bonchev–Trinajstić information content (AvgIpc) is 3.43. The van der Waals surface area contributed by atoms with Gasteiger partial charge in [-0.1, -0.05) is 12.1 Å². The number of methoxy groups -OCH3 is 1. The van der Waals surface area contributed by atoms with Gasteiger partial charge < -0.3 is 24.1 Å². The number of aryl methyl sites for hydroxylation is 1. The molecule has 0 saturated heterocycles. The Morgan fingerprint density at radius 3 is 2.53 bits per heavy atom. The summed E-state index contributed by atoms with van der Waals surface area (Å²) in [5.41, 5.74) is 1.58. The maximum absolute atomic E-state index is 12.9. The maximum Gasteiger partial charge on any atom is 0.282 e. The molecule has 164 valence electrons. The van der Waals surface area contributed by atoms with Gasteiger partial charge in [0.25, 0.3) is 10.0 Å². The van der Waals surface area contributed by atoms with E-state index >= 15 is 0 Å². The summed E-state index contributed by atoms with van der Waals surface area (Å²) in [7, 11) is -0.793. The number of hydrogen-bond acceptors (Lipinski definition) is 9. The summed E-state index contributed by atoms with van der Waals surface area (Å²) in [4.78, 5) is 13.0. The van der Waals surface area contributed by atoms with Crippen molar-refractivity contribution in [3.8, 4) is 17.2 Å². The van der Waals surface area contributed by atoms with Crippen LogP contribution in [0.2, 0.25) is 0 Å². The highest BCUT2D eigenvalue weighted by molar-refractivity contribution is 7.92. The standard InChI is InChI=1S/C20H18N6O5S/c1-26-9-17(21-10-26)32(27,28)25-20-19(22-13-5-3-4-6-14(13)23-20)24-15-7-12(29-2)8-16-18(15)31-11-30-16/h3-10H,11H2,1-2H3,(H,22,24)(H,23,25). The smallest absolute Gasteiger partial charge is 0.282 e. The number of para-hydroxylation sites is 2. The third-order valence-corrected chi connectivity index (χ3v) is 5.92. The topological polar surface area (TPSA) is 129 Å². The van der Waals surface area contributed by atoms with E-state index in [1.54, 1.807) is 37.4 Å². The Morgan fingerprint density at radius 1 is 1.09 bits per heavy atom. The molecule has 0 unspecified atom stereocenters. The molecule has 32 heavy (non-hydrogen) atoms. The summed E-state index contributed by atoms with van der Waals surface area (Å²) in [6.45, 7) is 0.0553. The zero-order valence-electron chi connectivity index (χ0n) is 17.1. The van der Waals surface area contributed by atoms with Crippen molar-refractivity contribution in [2.24, 2.45) is 7.05 Å². The van der Waals surface area contributed by atoms with E-state index < -0.39 is 10.0 Å². The van der Waals surface area contributed by atoms with E-state index in [0.29, 0.717) is 34.0 Å². The SMILES string of the molecule is COc1cc(Nc2nc3ccccc3nc2NS(=O)(=O)c2cn(C)cn2)c2c(c1)OCO2. The molecule has 3 heterocycles. The van der Waals surface area contributed by atoms with Gasteiger partial charge >= 0.3 is 0 Å². The number of benzene rings is 2. The van der Waals surface area contributed by atoms with E-state index in [1.807, 2.05) is 6.07 Å². The number of aromatic nitrogens is 4. The number of nitrogens with zero attached hydrogens (tertiary/aromatic N) is 4. The van der Waals surface area contributed by atoms with Crippen LogP contribution in [-0.4, -0.2) is 41.8 Å². The molecule has 1 aliphatic rings. The number of hydrogen-bond donors (Lipinski definition) is 2. The van der Waals surface area contributed by atoms with Crippen LogP contribution in [0.5, 0.6) is 17.2 Å². The largest absolute Gasteiger partial charge is 0.497 e. The number of anilines is 3. The molecule has 0 saturated carbocycles. The lowest BCUT2D eigenvalue weighted by atomic mass is 10.2. The first-order valence-corrected chi connectivity index (χ1v) is 10.9. The van der Waals surface area contributed by atoms with Crippen LogP contribution >= 0.6 is 0 Å². The fraction of sp³-hybridized carbons (Fsp3) is 0.150. The monoisotopic (exact) mass is 454 g/mol. The van der Waals surface area contributed by atoms with E-state index in [0.717, 1.165) is 0 Å². The van der Waals surface area contributed by atoms with Crippen LogP contribution < -0.4 is 24.2 Å². The van der Waals surface area contributed by atoms with Crippen LogP contribution in [-0.2, 0) is 17.1 Å². The minimum Gasteiger partial charge on any atom is -0.497 e. The first-order chi connectivity index (χ1) is 15.4. The second-order valence-corrected chi connectivity index (χ2v) is 8.56. The molecule has 11 nitrogen and oxygen atoms in total. The minimum absolute atomic E-state index is 0.00448. The Hall–Kier alpha value is -4.06. The number of ether oxygens (including phenoxy) is 3. The zero-order valence-corrected chi connectivity index (χ0v) is 17.9. The van der Waals surface area contributed by atoms with Gasteiger partial charge in [-0.25, -0.2) is 15.0 Å². The minimum atomic E-state index is -4.01. The fourth-order valence-corrected chi connectivity index (χ4v) is 4.18. The highest BCUT2D eigenvalue weighted by Gasteiger charge is 2.24. The second-order valence-electron chi connectivity index (χ2n) is 6.93. The molecular weight excluding hydrogens is 436 g/mol. The van der Waals surface area contributed by atoms with Crippen LogP contribution in [0.1, 0.15) is 0 Å². The van der Waals surface area contributed by atoms with Gasteiger partial charge in [0.2, 0.25) is 6.79 Å². The normalized spacial score (nSPS) is 12.7. The Morgan fingerprint density at radius 2 is 1.84 bits per heavy atom. The molecule has 0 spiro atoms. The van der Waals surface area contributed by atoms with E-state index in [-0.39, 0.29) is 23.5 Å². The summed E-state index contributed by atoms with van der Waals surface area (Å²) in [5.74, 6) is 1.66. The summed E-state index contributed by atoms with van der Waals surface area (Å²) in [6.07, 6.45) is 2.79. The van der Waals surface area contributed by atoms with Crippen LogP contribution in [0, 0.1) is 0 Å². The summed E-state index contributed by atoms with van der Waals surface area (Å²) < 4.78 is 46.2. The molecule has 0 atom stereocenters. The summed E-state index contributed by atoms with van der Waals surface area (Å²) in [5, 5.41) is 2.97. The third-order valence-electron chi connectivity index (χ3n) is 4.69. The number of sulfonamides is 1. The van der Waals surface area contributed by atoms with Crippen LogP contribution in [0.3, 0.4) is 0 Å². The molecule has 0 aliphatic carbocycles. The molecule has 2 aromatic heterocycles. The third kappa shape index (κ3) is 3.60. The van der Waals surface area contributed by atoms with Gasteiger partial charge in [0.1, 0.15) is 5.75 Å². The summed E-state index contributed by atoms with van der Waals surface area (Å²) >= 11 is 0. The number of fused-ring (bicyclic) bond motifs is 2. The predicted octanol–water partition coefficient (Wildman–Crippen LogP) is 2.65. The van der Waals surface area contributed by atoms with E-state index in [4.69, 9.17) is 14.2 Å². The molecule has 2 aromatic carbocycles. The van der Waals surface area contributed by atoms with Gasteiger partial charge in [-0.05, 0) is 12.1 Å². The molecule has 0 bridgehead atoms. The first-order valence-electron chi connectivity index (χ1n) is 9.45. The predicted molar refractivity (Wildman–Crippen MR) is 116 cm³/mol. The molecule has 4 aromatic rings. The molecular formula is C20H18N6O5S. The second kappa shape index (κ2) is 7.57. The van der Waals surface area contributed by atoms with Crippen molar-refractivity contribution in [3.63, 3.8) is 0 Å². The van der Waals surface area contributed by atoms with Crippen molar-refractivity contribution in [3.05, 3.63) is 48.9 Å². The van der Waals surface area contributed by atoms with Crippen molar-refractivity contribution in [1.82, 2.24) is 19.5 Å². The molecule has 0 radical (unpaired) electrons. The van der Waals surface area contributed by atoms with Crippen molar-refractivity contribution in [2.45, 2.75) is 5.03 Å². The van der Waals surface area contributed by atoms with Gasteiger partial charge in [0, 0.05) is 25.4 Å². The van der Waals surface area contributed by atoms with E-state index in [1.165, 1.54) is 24.2 Å². The van der Waals surface area contributed by atoms with Crippen molar-refractivity contribution >= 4 is 38.4 Å². The maximum atomic E-state index is 12.9. The van der Waals surface area contributed by atoms with Crippen molar-refractivity contribution in [2.75, 3.05) is 23.9 Å². The van der Waals surface area contributed by atoms with Gasteiger partial charge in [-0.3, -0.25) is 4.72 Å². The summed E-state index contributed by atoms with van der Waals surface area (Å²) in [6, 6.07) is 10.5. The molecule has 0 fully saturated rings. The van der Waals surface area contributed by atoms with E-state index in [2.05, 4.69) is 25.0 Å². The van der Waals surface area contributed by atoms with Crippen molar-refractivity contribution < 1.29 is 22.6 Å². The Balaban J connectivity index is 1.61. The van der Waals surface area contributed by atoms with Gasteiger partial charge in [-0.15, -0.1) is 0 Å².